The fourth-order valence-corrected chi connectivity index (χ4v) is 2.52. The van der Waals surface area contributed by atoms with Crippen molar-refractivity contribution in [3.8, 4) is 0 Å². The summed E-state index contributed by atoms with van der Waals surface area (Å²) in [6.07, 6.45) is -6.87. The van der Waals surface area contributed by atoms with Gasteiger partial charge in [0, 0.05) is 0 Å². The van der Waals surface area contributed by atoms with Crippen molar-refractivity contribution in [2.45, 2.75) is 11.7 Å². The number of methoxy groups -OCH3 is 1. The summed E-state index contributed by atoms with van der Waals surface area (Å²) in [5, 5.41) is 3.27. The summed E-state index contributed by atoms with van der Waals surface area (Å²) < 4.78 is 45.8. The summed E-state index contributed by atoms with van der Waals surface area (Å²) >= 11 is 0. The summed E-state index contributed by atoms with van der Waals surface area (Å²) in [6, 6.07) is -0.919. The second kappa shape index (κ2) is 4.93. The standard InChI is InChI=1S/C11H11F3N4O5/c1-17-5-4(6(19)18(2)9(17)22)10(7(20)15-5,11(12,13)14)16-8(21)23-3/h4H,1-3H3,(H,16,21)/p+1. The van der Waals surface area contributed by atoms with Crippen molar-refractivity contribution in [3.05, 3.63) is 0 Å². The first-order valence-electron chi connectivity index (χ1n) is 6.15. The van der Waals surface area contributed by atoms with Gasteiger partial charge >= 0.3 is 30.1 Å². The van der Waals surface area contributed by atoms with Gasteiger partial charge in [0.05, 0.1) is 21.2 Å². The maximum atomic E-state index is 13.6. The summed E-state index contributed by atoms with van der Waals surface area (Å²) in [6.45, 7) is 0. The van der Waals surface area contributed by atoms with Crippen molar-refractivity contribution in [1.29, 1.82) is 0 Å². The van der Waals surface area contributed by atoms with Crippen molar-refractivity contribution in [1.82, 2.24) is 15.5 Å². The molecule has 126 valence electrons. The van der Waals surface area contributed by atoms with Crippen LogP contribution < -0.4 is 10.6 Å². The van der Waals surface area contributed by atoms with Crippen LogP contribution in [0.1, 0.15) is 0 Å². The number of halogens is 3. The predicted octanol–water partition coefficient (Wildman–Crippen LogP) is -0.978. The Morgan fingerprint density at radius 3 is 2.43 bits per heavy atom. The predicted molar refractivity (Wildman–Crippen MR) is 65.3 cm³/mol. The van der Waals surface area contributed by atoms with Gasteiger partial charge in [0.15, 0.2) is 5.92 Å². The number of alkyl halides is 3. The molecule has 9 nitrogen and oxygen atoms in total. The van der Waals surface area contributed by atoms with Gasteiger partial charge in [0.25, 0.3) is 5.54 Å². The number of imide groups is 1. The van der Waals surface area contributed by atoms with Crippen LogP contribution in [0.2, 0.25) is 0 Å². The number of hydrogen-bond acceptors (Lipinski definition) is 5. The molecule has 2 aliphatic heterocycles. The van der Waals surface area contributed by atoms with Crippen LogP contribution in [0.5, 0.6) is 0 Å². The molecule has 2 unspecified atom stereocenters. The van der Waals surface area contributed by atoms with Gasteiger partial charge in [-0.3, -0.25) is 14.9 Å². The van der Waals surface area contributed by atoms with E-state index in [1.54, 1.807) is 0 Å². The van der Waals surface area contributed by atoms with E-state index in [1.165, 1.54) is 5.32 Å². The second-order valence-electron chi connectivity index (χ2n) is 4.93. The minimum Gasteiger partial charge on any atom is -0.453 e. The highest BCUT2D eigenvalue weighted by molar-refractivity contribution is 6.23. The number of urea groups is 1. The first-order chi connectivity index (χ1) is 10.5. The van der Waals surface area contributed by atoms with E-state index in [9.17, 15) is 32.3 Å². The molecule has 0 radical (unpaired) electrons. The van der Waals surface area contributed by atoms with E-state index in [2.05, 4.69) is 4.74 Å². The minimum absolute atomic E-state index is 0.438. The number of amides is 5. The molecule has 0 saturated carbocycles. The van der Waals surface area contributed by atoms with Gasteiger partial charge in [0.1, 0.15) is 0 Å². The molecule has 12 heteroatoms. The Morgan fingerprint density at radius 1 is 1.39 bits per heavy atom. The molecule has 2 N–H and O–H groups in total. The zero-order valence-electron chi connectivity index (χ0n) is 12.1. The van der Waals surface area contributed by atoms with Crippen LogP contribution in [0, 0.1) is 5.92 Å². The molecule has 0 aromatic carbocycles. The van der Waals surface area contributed by atoms with Gasteiger partial charge in [-0.05, 0) is 0 Å². The Kier molecular flexibility index (Phi) is 3.58. The van der Waals surface area contributed by atoms with E-state index in [0.717, 1.165) is 21.2 Å². The molecule has 5 amide bonds. The normalized spacial score (nSPS) is 27.8. The second-order valence-corrected chi connectivity index (χ2v) is 4.93. The fourth-order valence-electron chi connectivity index (χ4n) is 2.52. The molecule has 1 saturated heterocycles. The lowest BCUT2D eigenvalue weighted by Gasteiger charge is -2.33. The number of ether oxygens (including phenoxy) is 1. The number of hydrogen-bond donors (Lipinski definition) is 2. The van der Waals surface area contributed by atoms with E-state index < -0.39 is 47.4 Å². The molecule has 0 aromatic heterocycles. The van der Waals surface area contributed by atoms with Gasteiger partial charge in [-0.25, -0.2) is 19.5 Å². The third-order valence-electron chi connectivity index (χ3n) is 3.75. The highest BCUT2D eigenvalue weighted by Gasteiger charge is 2.77. The number of carbonyl (C=O) groups is 4. The first-order valence-corrected chi connectivity index (χ1v) is 6.15. The van der Waals surface area contributed by atoms with E-state index >= 15 is 0 Å². The molecule has 0 bridgehead atoms. The van der Waals surface area contributed by atoms with Crippen molar-refractivity contribution < 1.29 is 41.7 Å². The Balaban J connectivity index is 2.72. The van der Waals surface area contributed by atoms with Crippen LogP contribution in [0.25, 0.3) is 0 Å². The van der Waals surface area contributed by atoms with Crippen LogP contribution in [0.4, 0.5) is 22.8 Å². The maximum absolute atomic E-state index is 13.6. The first kappa shape index (κ1) is 16.7. The van der Waals surface area contributed by atoms with Crippen LogP contribution >= 0.6 is 0 Å². The molecular weight excluding hydrogens is 325 g/mol. The molecule has 23 heavy (non-hydrogen) atoms. The summed E-state index contributed by atoms with van der Waals surface area (Å²) in [4.78, 5) is 47.8. The van der Waals surface area contributed by atoms with Crippen molar-refractivity contribution in [3.63, 3.8) is 0 Å². The van der Waals surface area contributed by atoms with Crippen molar-refractivity contribution in [2.24, 2.45) is 5.92 Å². The molecule has 0 aromatic rings. The van der Waals surface area contributed by atoms with Gasteiger partial charge in [-0.2, -0.15) is 18.1 Å². The van der Waals surface area contributed by atoms with Gasteiger partial charge < -0.3 is 4.74 Å². The molecular formula is C11H12F3N4O5+. The number of amidine groups is 1. The molecule has 2 atom stereocenters. The molecule has 2 aliphatic rings. The summed E-state index contributed by atoms with van der Waals surface area (Å²) in [5.41, 5.74) is -3.57. The number of alkyl carbamates (subject to hydrolysis) is 1. The minimum atomic E-state index is -5.32. The van der Waals surface area contributed by atoms with Gasteiger partial charge in [-0.1, -0.05) is 0 Å². The lowest BCUT2D eigenvalue weighted by Crippen LogP contribution is -2.70. The van der Waals surface area contributed by atoms with Gasteiger partial charge in [0.2, 0.25) is 5.84 Å². The van der Waals surface area contributed by atoms with Crippen LogP contribution in [-0.2, 0) is 14.3 Å². The molecule has 0 aliphatic carbocycles. The topological polar surface area (TPSA) is 108 Å². The summed E-state index contributed by atoms with van der Waals surface area (Å²) in [7, 11) is 2.87. The van der Waals surface area contributed by atoms with E-state index in [0.29, 0.717) is 9.48 Å². The zero-order valence-corrected chi connectivity index (χ0v) is 12.1. The molecule has 1 fully saturated rings. The lowest BCUT2D eigenvalue weighted by atomic mass is 9.83. The molecule has 2 heterocycles. The number of nitrogens with one attached hydrogen (secondary N) is 2. The van der Waals surface area contributed by atoms with Crippen LogP contribution in [0.3, 0.4) is 0 Å². The third kappa shape index (κ3) is 2.04. The van der Waals surface area contributed by atoms with E-state index in [-0.39, 0.29) is 0 Å². The average Bonchev–Trinajstić information content (AvgIpc) is 2.76. The monoisotopic (exact) mass is 337 g/mol. The lowest BCUT2D eigenvalue weighted by molar-refractivity contribution is -0.409. The highest BCUT2D eigenvalue weighted by atomic mass is 19.4. The fraction of sp³-hybridized carbons (Fsp3) is 0.545. The summed E-state index contributed by atoms with van der Waals surface area (Å²) in [5.74, 6) is -5.69. The number of fused-ring (bicyclic) bond motifs is 1. The number of nitrogens with zero attached hydrogens (tertiary/aromatic N) is 2. The van der Waals surface area contributed by atoms with Crippen LogP contribution in [-0.4, -0.2) is 72.2 Å². The number of carbonyl (C=O) groups excluding carboxylic acids is 4. The quantitative estimate of drug-likeness (QED) is 0.598. The van der Waals surface area contributed by atoms with Crippen LogP contribution in [0.15, 0.2) is 0 Å². The Bertz CT molecular complexity index is 659. The zero-order chi connectivity index (χ0) is 17.7. The van der Waals surface area contributed by atoms with E-state index in [4.69, 9.17) is 0 Å². The smallest absolute Gasteiger partial charge is 0.445 e. The SMILES string of the molecule is COC(=O)NC1(C(F)(F)F)C(=O)NC2=[N+](C)C(=O)N(C)C(=O)C21. The highest BCUT2D eigenvalue weighted by Crippen LogP contribution is 2.42. The maximum Gasteiger partial charge on any atom is 0.445 e. The molecule has 0 spiro atoms. The Morgan fingerprint density at radius 2 is 1.96 bits per heavy atom. The largest absolute Gasteiger partial charge is 0.453 e. The third-order valence-corrected chi connectivity index (χ3v) is 3.75. The number of rotatable bonds is 1. The van der Waals surface area contributed by atoms with Crippen molar-refractivity contribution in [2.75, 3.05) is 21.2 Å². The van der Waals surface area contributed by atoms with E-state index in [1.807, 2.05) is 5.32 Å². The Labute approximate surface area is 127 Å². The van der Waals surface area contributed by atoms with Gasteiger partial charge in [-0.15, -0.1) is 0 Å². The Hall–Kier alpha value is -2.66. The molecule has 2 rings (SSSR count). The average molecular weight is 337 g/mol. The van der Waals surface area contributed by atoms with Crippen molar-refractivity contribution >= 4 is 29.8 Å².